The van der Waals surface area contributed by atoms with Crippen molar-refractivity contribution in [1.29, 1.82) is 0 Å². The normalized spacial score (nSPS) is 29.4. The Bertz CT molecular complexity index is 1490. The van der Waals surface area contributed by atoms with E-state index in [1.807, 2.05) is 0 Å². The average Bonchev–Trinajstić information content (AvgIpc) is 3.34. The number of esters is 1. The Morgan fingerprint density at radius 1 is 1.27 bits per heavy atom. The fourth-order valence-corrected chi connectivity index (χ4v) is 6.62. The number of aliphatic hydroxyl groups excluding tert-OH is 1. The van der Waals surface area contributed by atoms with Crippen LogP contribution >= 0.6 is 7.75 Å². The number of benzene rings is 1. The number of imidazole rings is 1. The van der Waals surface area contributed by atoms with Crippen LogP contribution in [0.1, 0.15) is 40.3 Å². The molecule has 3 aromatic rings. The van der Waals surface area contributed by atoms with E-state index in [9.17, 15) is 14.5 Å². The van der Waals surface area contributed by atoms with Crippen molar-refractivity contribution in [3.63, 3.8) is 0 Å². The number of methoxy groups -OCH3 is 1. The van der Waals surface area contributed by atoms with Gasteiger partial charge < -0.3 is 35.3 Å². The van der Waals surface area contributed by atoms with Gasteiger partial charge in [-0.15, -0.1) is 0 Å². The van der Waals surface area contributed by atoms with Crippen LogP contribution in [0.4, 0.5) is 5.95 Å². The van der Waals surface area contributed by atoms with Gasteiger partial charge in [-0.05, 0) is 39.8 Å². The summed E-state index contributed by atoms with van der Waals surface area (Å²) >= 11 is 0. The molecule has 1 aliphatic heterocycles. The highest BCUT2D eigenvalue weighted by Gasteiger charge is 2.74. The van der Waals surface area contributed by atoms with Gasteiger partial charge >= 0.3 is 13.7 Å². The van der Waals surface area contributed by atoms with Crippen molar-refractivity contribution >= 4 is 30.8 Å². The molecular formula is C25H34N7O8P. The Labute approximate surface area is 236 Å². The number of carbonyl (C=O) groups is 1. The maximum Gasteiger partial charge on any atom is 0.459 e. The molecule has 1 aromatic carbocycles. The average molecular weight is 592 g/mol. The summed E-state index contributed by atoms with van der Waals surface area (Å²) in [5, 5.41) is 14.0. The van der Waals surface area contributed by atoms with Gasteiger partial charge in [0.05, 0.1) is 25.1 Å². The molecule has 0 amide bonds. The summed E-state index contributed by atoms with van der Waals surface area (Å²) in [6.45, 7) is 6.50. The number of nitrogens with two attached hydrogens (primary N) is 2. The number of aromatic nitrogens is 4. The Kier molecular flexibility index (Phi) is 7.47. The Hall–Kier alpha value is -3.33. The molecule has 222 valence electrons. The van der Waals surface area contributed by atoms with E-state index in [-0.39, 0.29) is 35.7 Å². The summed E-state index contributed by atoms with van der Waals surface area (Å²) in [6, 6.07) is 7.31. The molecule has 2 fully saturated rings. The summed E-state index contributed by atoms with van der Waals surface area (Å²) in [5.41, 5.74) is 10.4. The van der Waals surface area contributed by atoms with Crippen molar-refractivity contribution < 1.29 is 37.7 Å². The minimum atomic E-state index is -4.23. The Morgan fingerprint density at radius 3 is 2.63 bits per heavy atom. The van der Waals surface area contributed by atoms with E-state index < -0.39 is 49.3 Å². The maximum atomic E-state index is 14.0. The Morgan fingerprint density at radius 2 is 1.98 bits per heavy atom. The van der Waals surface area contributed by atoms with Gasteiger partial charge in [0.25, 0.3) is 0 Å². The zero-order chi connectivity index (χ0) is 29.7. The highest BCUT2D eigenvalue weighted by Crippen LogP contribution is 2.62. The van der Waals surface area contributed by atoms with Gasteiger partial charge in [0, 0.05) is 6.42 Å². The molecule has 1 spiro atoms. The lowest BCUT2D eigenvalue weighted by Gasteiger charge is -2.28. The number of hydrogen-bond acceptors (Lipinski definition) is 13. The molecule has 41 heavy (non-hydrogen) atoms. The summed E-state index contributed by atoms with van der Waals surface area (Å²) < 4.78 is 44.1. The van der Waals surface area contributed by atoms with Crippen LogP contribution in [0.3, 0.4) is 0 Å². The molecule has 1 saturated carbocycles. The number of carbonyl (C=O) groups excluding carboxylic acids is 1. The van der Waals surface area contributed by atoms with Crippen molar-refractivity contribution in [2.24, 2.45) is 5.73 Å². The van der Waals surface area contributed by atoms with Crippen LogP contribution in [0.2, 0.25) is 0 Å². The van der Waals surface area contributed by atoms with Gasteiger partial charge in [0.15, 0.2) is 17.4 Å². The maximum absolute atomic E-state index is 14.0. The van der Waals surface area contributed by atoms with E-state index in [4.69, 9.17) is 34.7 Å². The third-order valence-electron chi connectivity index (χ3n) is 6.95. The van der Waals surface area contributed by atoms with Crippen molar-refractivity contribution in [2.75, 3.05) is 12.8 Å². The molecule has 1 aliphatic carbocycles. The van der Waals surface area contributed by atoms with Crippen LogP contribution in [0.15, 0.2) is 36.7 Å². The van der Waals surface area contributed by atoms with E-state index in [0.717, 1.165) is 0 Å². The minimum absolute atomic E-state index is 0.0501. The molecule has 16 heteroatoms. The van der Waals surface area contributed by atoms with Gasteiger partial charge in [-0.3, -0.25) is 13.9 Å². The number of nitrogens with zero attached hydrogens (tertiary/aromatic N) is 4. The van der Waals surface area contributed by atoms with Crippen molar-refractivity contribution in [1.82, 2.24) is 24.6 Å². The smallest absolute Gasteiger partial charge is 0.459 e. The standard InChI is InChI=1S/C25H34N7O8P/c1-13(2)37-20(33)14(3)31-41(35,39-15-9-7-6-8-10-15)40-16-11-25(16)21(34)24(4,27)22(38-25)32-12-28-17-18(32)29-23(26)30-19(17)36-5/h6-10,12-14,16,21-22,34H,11,27H2,1-5H3,(H,31,35)(H2,26,29,30)/t14-,16-,21-,22+,24+,25-,41?/m0/s1. The van der Waals surface area contributed by atoms with Crippen LogP contribution in [0.25, 0.3) is 11.2 Å². The number of nitrogen functional groups attached to an aromatic ring is 1. The quantitative estimate of drug-likeness (QED) is 0.195. The zero-order valence-corrected chi connectivity index (χ0v) is 24.1. The molecule has 0 radical (unpaired) electrons. The molecule has 2 aromatic heterocycles. The van der Waals surface area contributed by atoms with Gasteiger partial charge in [-0.25, -0.2) is 9.55 Å². The van der Waals surface area contributed by atoms with Gasteiger partial charge in [0.1, 0.15) is 29.6 Å². The molecule has 6 N–H and O–H groups in total. The lowest BCUT2D eigenvalue weighted by molar-refractivity contribution is -0.149. The second-order valence-electron chi connectivity index (χ2n) is 10.6. The van der Waals surface area contributed by atoms with Crippen molar-refractivity contribution in [2.45, 2.75) is 75.8 Å². The molecular weight excluding hydrogens is 557 g/mol. The number of para-hydroxylation sites is 1. The Balaban J connectivity index is 1.42. The van der Waals surface area contributed by atoms with Crippen molar-refractivity contribution in [3.8, 4) is 11.6 Å². The second-order valence-corrected chi connectivity index (χ2v) is 12.3. The summed E-state index contributed by atoms with van der Waals surface area (Å²) in [4.78, 5) is 25.1. The third-order valence-corrected chi connectivity index (χ3v) is 8.64. The third kappa shape index (κ3) is 5.36. The monoisotopic (exact) mass is 591 g/mol. The fraction of sp³-hybridized carbons (Fsp3) is 0.520. The van der Waals surface area contributed by atoms with E-state index >= 15 is 0 Å². The summed E-state index contributed by atoms with van der Waals surface area (Å²) in [7, 11) is -2.80. The van der Waals surface area contributed by atoms with Crippen molar-refractivity contribution in [3.05, 3.63) is 36.7 Å². The number of ether oxygens (including phenoxy) is 3. The molecule has 1 saturated heterocycles. The zero-order valence-electron chi connectivity index (χ0n) is 23.3. The lowest BCUT2D eigenvalue weighted by Crippen LogP contribution is -2.52. The van der Waals surface area contributed by atoms with E-state index in [1.54, 1.807) is 51.1 Å². The molecule has 5 rings (SSSR count). The fourth-order valence-electron chi connectivity index (χ4n) is 4.90. The van der Waals surface area contributed by atoms with E-state index in [1.165, 1.54) is 24.9 Å². The first-order chi connectivity index (χ1) is 19.3. The molecule has 2 aliphatic rings. The highest BCUT2D eigenvalue weighted by atomic mass is 31.2. The van der Waals surface area contributed by atoms with Crippen LogP contribution in [-0.4, -0.2) is 73.2 Å². The first-order valence-corrected chi connectivity index (χ1v) is 14.5. The number of nitrogens with one attached hydrogen (secondary N) is 1. The number of fused-ring (bicyclic) bond motifs is 1. The predicted molar refractivity (Wildman–Crippen MR) is 146 cm³/mol. The van der Waals surface area contributed by atoms with Gasteiger partial charge in [-0.1, -0.05) is 18.2 Å². The highest BCUT2D eigenvalue weighted by molar-refractivity contribution is 7.52. The predicted octanol–water partition coefficient (Wildman–Crippen LogP) is 1.67. The van der Waals surface area contributed by atoms with E-state index in [2.05, 4.69) is 20.0 Å². The van der Waals surface area contributed by atoms with Crippen LogP contribution in [0, 0.1) is 0 Å². The second kappa shape index (κ2) is 10.5. The first-order valence-electron chi connectivity index (χ1n) is 13.0. The largest absolute Gasteiger partial charge is 0.479 e. The number of hydrogen-bond donors (Lipinski definition) is 4. The summed E-state index contributed by atoms with van der Waals surface area (Å²) in [5.74, 6) is -0.277. The van der Waals surface area contributed by atoms with Crippen LogP contribution < -0.4 is 25.8 Å². The van der Waals surface area contributed by atoms with Gasteiger partial charge in [-0.2, -0.15) is 15.1 Å². The number of anilines is 1. The topological polar surface area (TPSA) is 208 Å². The summed E-state index contributed by atoms with van der Waals surface area (Å²) in [6.07, 6.45) is -1.96. The van der Waals surface area contributed by atoms with Gasteiger partial charge in [0.2, 0.25) is 11.8 Å². The molecule has 15 nitrogen and oxygen atoms in total. The molecule has 7 atom stereocenters. The molecule has 0 bridgehead atoms. The van der Waals surface area contributed by atoms with Crippen LogP contribution in [-0.2, 0) is 23.4 Å². The first kappa shape index (κ1) is 29.2. The van der Waals surface area contributed by atoms with Crippen LogP contribution in [0.5, 0.6) is 11.6 Å². The SMILES string of the molecule is COc1nc(N)nc2c1ncn2[C@@H]1O[C@]2(C[C@@H]2OP(=O)(N[C@@H](C)C(=O)OC(C)C)Oc2ccccc2)[C@@H](O)[C@@]1(C)N. The molecule has 1 unspecified atom stereocenters. The minimum Gasteiger partial charge on any atom is -0.479 e. The molecule has 3 heterocycles. The number of rotatable bonds is 10. The number of aliphatic hydroxyl groups is 1. The lowest BCUT2D eigenvalue weighted by atomic mass is 9.92. The van der Waals surface area contributed by atoms with E-state index in [0.29, 0.717) is 5.52 Å².